The van der Waals surface area contributed by atoms with Gasteiger partial charge in [-0.1, -0.05) is 35.9 Å². The Hall–Kier alpha value is -3.12. The van der Waals surface area contributed by atoms with Crippen LogP contribution in [0.1, 0.15) is 48.2 Å². The number of carbonyl (C=O) groups is 2. The zero-order chi connectivity index (χ0) is 24.3. The Morgan fingerprint density at radius 3 is 2.56 bits per heavy atom. The van der Waals surface area contributed by atoms with Crippen LogP contribution in [0.25, 0.3) is 5.69 Å². The Morgan fingerprint density at radius 1 is 1.15 bits per heavy atom. The number of nitrogens with one attached hydrogen (secondary N) is 1. The Kier molecular flexibility index (Phi) is 7.08. The fourth-order valence-corrected chi connectivity index (χ4v) is 4.88. The van der Waals surface area contributed by atoms with Crippen molar-refractivity contribution in [1.82, 2.24) is 20.0 Å². The summed E-state index contributed by atoms with van der Waals surface area (Å²) in [6.45, 7) is 4.53. The van der Waals surface area contributed by atoms with E-state index in [-0.39, 0.29) is 11.8 Å². The van der Waals surface area contributed by atoms with Gasteiger partial charge in [0.1, 0.15) is 0 Å². The summed E-state index contributed by atoms with van der Waals surface area (Å²) < 4.78 is 1.92. The highest BCUT2D eigenvalue weighted by atomic mass is 35.5. The lowest BCUT2D eigenvalue weighted by atomic mass is 9.85. The van der Waals surface area contributed by atoms with Crippen molar-refractivity contribution >= 4 is 23.4 Å². The average molecular weight is 479 g/mol. The lowest BCUT2D eigenvalue weighted by molar-refractivity contribution is -0.131. The predicted molar refractivity (Wildman–Crippen MR) is 134 cm³/mol. The summed E-state index contributed by atoms with van der Waals surface area (Å²) in [5.41, 5.74) is 4.79. The molecule has 34 heavy (non-hydrogen) atoms. The van der Waals surface area contributed by atoms with Gasteiger partial charge in [-0.25, -0.2) is 4.68 Å². The van der Waals surface area contributed by atoms with E-state index in [2.05, 4.69) is 16.5 Å². The number of hydrogen-bond acceptors (Lipinski definition) is 3. The number of rotatable bonds is 8. The molecule has 4 rings (SSSR count). The van der Waals surface area contributed by atoms with E-state index >= 15 is 0 Å². The lowest BCUT2D eigenvalue weighted by Crippen LogP contribution is -2.44. The third-order valence-electron chi connectivity index (χ3n) is 6.52. The molecule has 1 saturated heterocycles. The van der Waals surface area contributed by atoms with Crippen LogP contribution in [-0.4, -0.2) is 39.1 Å². The highest BCUT2D eigenvalue weighted by molar-refractivity contribution is 6.30. The van der Waals surface area contributed by atoms with Gasteiger partial charge in [-0.2, -0.15) is 5.10 Å². The van der Waals surface area contributed by atoms with Gasteiger partial charge in [-0.05, 0) is 74.6 Å². The van der Waals surface area contributed by atoms with Gasteiger partial charge >= 0.3 is 0 Å². The summed E-state index contributed by atoms with van der Waals surface area (Å²) in [7, 11) is 1.83. The summed E-state index contributed by atoms with van der Waals surface area (Å²) >= 11 is 6.02. The molecular weight excluding hydrogens is 448 g/mol. The highest BCUT2D eigenvalue weighted by Gasteiger charge is 2.38. The molecule has 1 aliphatic rings. The second-order valence-electron chi connectivity index (χ2n) is 9.39. The SMILES string of the molecule is Cc1cc(C)n(-c2cccc(CN(C)C(=O)CC[C@@]3(Cc4ccc(Cl)cc4)CCC(=O)N3)c2)n1. The molecule has 178 valence electrons. The summed E-state index contributed by atoms with van der Waals surface area (Å²) in [5.74, 6) is 0.115. The van der Waals surface area contributed by atoms with Crippen molar-refractivity contribution in [3.8, 4) is 5.69 Å². The molecule has 7 heteroatoms. The van der Waals surface area contributed by atoms with Crippen molar-refractivity contribution in [2.45, 2.75) is 58.0 Å². The Labute approximate surface area is 205 Å². The molecular formula is C27H31ClN4O2. The third-order valence-corrected chi connectivity index (χ3v) is 6.77. The van der Waals surface area contributed by atoms with Gasteiger partial charge in [0.15, 0.2) is 0 Å². The fraction of sp³-hybridized carbons (Fsp3) is 0.370. The molecule has 3 aromatic rings. The number of hydrogen-bond donors (Lipinski definition) is 1. The van der Waals surface area contributed by atoms with E-state index in [1.165, 1.54) is 0 Å². The minimum Gasteiger partial charge on any atom is -0.350 e. The first-order valence-electron chi connectivity index (χ1n) is 11.7. The smallest absolute Gasteiger partial charge is 0.222 e. The number of amides is 2. The van der Waals surface area contributed by atoms with Gasteiger partial charge in [0.05, 0.1) is 11.4 Å². The molecule has 0 unspecified atom stereocenters. The maximum atomic E-state index is 13.0. The van der Waals surface area contributed by atoms with Gasteiger partial charge in [-0.3, -0.25) is 9.59 Å². The minimum absolute atomic E-state index is 0.0516. The quantitative estimate of drug-likeness (QED) is 0.507. The molecule has 1 N–H and O–H groups in total. The van der Waals surface area contributed by atoms with E-state index < -0.39 is 5.54 Å². The third kappa shape index (κ3) is 5.68. The standard InChI is InChI=1S/C27H31ClN4O2/c1-19-15-20(2)32(30-19)24-6-4-5-22(16-24)18-31(3)26(34)12-14-27(13-11-25(33)29-27)17-21-7-9-23(28)10-8-21/h4-10,15-16H,11-14,17-18H2,1-3H3,(H,29,33)/t27-/m1/s1. The molecule has 0 bridgehead atoms. The van der Waals surface area contributed by atoms with E-state index in [9.17, 15) is 9.59 Å². The van der Waals surface area contributed by atoms with Crippen LogP contribution < -0.4 is 5.32 Å². The lowest BCUT2D eigenvalue weighted by Gasteiger charge is -2.30. The molecule has 0 radical (unpaired) electrons. The van der Waals surface area contributed by atoms with Crippen LogP contribution in [0, 0.1) is 13.8 Å². The van der Waals surface area contributed by atoms with Gasteiger partial charge in [0.25, 0.3) is 0 Å². The Balaban J connectivity index is 1.40. The number of aromatic nitrogens is 2. The number of halogens is 1. The van der Waals surface area contributed by atoms with Crippen molar-refractivity contribution in [2.24, 2.45) is 0 Å². The maximum Gasteiger partial charge on any atom is 0.222 e. The first kappa shape index (κ1) is 24.0. The van der Waals surface area contributed by atoms with E-state index in [0.29, 0.717) is 37.3 Å². The van der Waals surface area contributed by atoms with Crippen molar-refractivity contribution in [1.29, 1.82) is 0 Å². The van der Waals surface area contributed by atoms with E-state index in [0.717, 1.165) is 34.6 Å². The van der Waals surface area contributed by atoms with E-state index in [4.69, 9.17) is 11.6 Å². The minimum atomic E-state index is -0.392. The molecule has 1 fully saturated rings. The van der Waals surface area contributed by atoms with Crippen molar-refractivity contribution in [3.63, 3.8) is 0 Å². The molecule has 0 aliphatic carbocycles. The number of carbonyl (C=O) groups excluding carboxylic acids is 2. The maximum absolute atomic E-state index is 13.0. The van der Waals surface area contributed by atoms with Gasteiger partial charge < -0.3 is 10.2 Å². The second-order valence-corrected chi connectivity index (χ2v) is 9.83. The summed E-state index contributed by atoms with van der Waals surface area (Å²) in [6, 6.07) is 17.9. The molecule has 2 heterocycles. The van der Waals surface area contributed by atoms with Crippen LogP contribution in [0.3, 0.4) is 0 Å². The summed E-state index contributed by atoms with van der Waals surface area (Å²) in [5, 5.41) is 8.40. The fourth-order valence-electron chi connectivity index (χ4n) is 4.75. The Bertz CT molecular complexity index is 1190. The monoisotopic (exact) mass is 478 g/mol. The first-order chi connectivity index (χ1) is 16.2. The van der Waals surface area contributed by atoms with Crippen LogP contribution in [-0.2, 0) is 22.6 Å². The van der Waals surface area contributed by atoms with E-state index in [1.54, 1.807) is 4.90 Å². The average Bonchev–Trinajstić information content (AvgIpc) is 3.35. The van der Waals surface area contributed by atoms with Gasteiger partial charge in [-0.15, -0.1) is 0 Å². The second kappa shape index (κ2) is 10.0. The molecule has 6 nitrogen and oxygen atoms in total. The highest BCUT2D eigenvalue weighted by Crippen LogP contribution is 2.30. The molecule has 1 aliphatic heterocycles. The van der Waals surface area contributed by atoms with Crippen molar-refractivity contribution in [3.05, 3.63) is 82.1 Å². The van der Waals surface area contributed by atoms with Crippen LogP contribution in [0.15, 0.2) is 54.6 Å². The summed E-state index contributed by atoms with van der Waals surface area (Å²) in [4.78, 5) is 26.8. The predicted octanol–water partition coefficient (Wildman–Crippen LogP) is 4.77. The molecule has 1 aromatic heterocycles. The number of aryl methyl sites for hydroxylation is 2. The van der Waals surface area contributed by atoms with Crippen LogP contribution in [0.2, 0.25) is 5.02 Å². The molecule has 1 atom stereocenters. The zero-order valence-corrected chi connectivity index (χ0v) is 20.7. The van der Waals surface area contributed by atoms with E-state index in [1.807, 2.05) is 74.1 Å². The number of nitrogens with zero attached hydrogens (tertiary/aromatic N) is 3. The first-order valence-corrected chi connectivity index (χ1v) is 12.0. The Morgan fingerprint density at radius 2 is 1.91 bits per heavy atom. The molecule has 0 spiro atoms. The van der Waals surface area contributed by atoms with Crippen molar-refractivity contribution < 1.29 is 9.59 Å². The molecule has 2 amide bonds. The summed E-state index contributed by atoms with van der Waals surface area (Å²) in [6.07, 6.45) is 2.91. The van der Waals surface area contributed by atoms with Crippen molar-refractivity contribution in [2.75, 3.05) is 7.05 Å². The topological polar surface area (TPSA) is 67.2 Å². The zero-order valence-electron chi connectivity index (χ0n) is 20.0. The van der Waals surface area contributed by atoms with Gasteiger partial charge in [0, 0.05) is 42.7 Å². The van der Waals surface area contributed by atoms with Crippen LogP contribution >= 0.6 is 11.6 Å². The number of benzene rings is 2. The normalized spacial score (nSPS) is 17.6. The van der Waals surface area contributed by atoms with Crippen LogP contribution in [0.5, 0.6) is 0 Å². The molecule has 0 saturated carbocycles. The molecule has 2 aromatic carbocycles. The van der Waals surface area contributed by atoms with Gasteiger partial charge in [0.2, 0.25) is 11.8 Å². The van der Waals surface area contributed by atoms with Crippen LogP contribution in [0.4, 0.5) is 0 Å². The largest absolute Gasteiger partial charge is 0.350 e.